The summed E-state index contributed by atoms with van der Waals surface area (Å²) >= 11 is 13.3. The Labute approximate surface area is 227 Å². The SMILES string of the molecule is CCOC(=O)c1c(-c2cnn(C3CCCCO3)c2)c2ccc(Cl)c(Cl)c2n1C1=CN(C[Si](C)(C)C)[NH2+]N1. The van der Waals surface area contributed by atoms with Crippen molar-refractivity contribution in [2.24, 2.45) is 0 Å². The van der Waals surface area contributed by atoms with Crippen molar-refractivity contribution in [2.45, 2.75) is 52.1 Å². The van der Waals surface area contributed by atoms with Gasteiger partial charge in [-0.1, -0.05) is 48.9 Å². The molecule has 0 saturated carbocycles. The first kappa shape index (κ1) is 26.1. The monoisotopic (exact) mass is 563 g/mol. The van der Waals surface area contributed by atoms with Crippen molar-refractivity contribution < 1.29 is 19.8 Å². The van der Waals surface area contributed by atoms with Gasteiger partial charge < -0.3 is 9.47 Å². The Kier molecular flexibility index (Phi) is 7.30. The quantitative estimate of drug-likeness (QED) is 0.247. The van der Waals surface area contributed by atoms with Gasteiger partial charge in [0.2, 0.25) is 0 Å². The highest BCUT2D eigenvalue weighted by molar-refractivity contribution is 6.76. The Hall–Kier alpha value is -2.50. The first-order chi connectivity index (χ1) is 17.7. The summed E-state index contributed by atoms with van der Waals surface area (Å²) in [5.41, 5.74) is 7.74. The van der Waals surface area contributed by atoms with Crippen LogP contribution in [0, 0.1) is 0 Å². The van der Waals surface area contributed by atoms with E-state index in [1.54, 1.807) is 19.2 Å². The van der Waals surface area contributed by atoms with Crippen LogP contribution in [-0.4, -0.2) is 52.8 Å². The number of nitrogens with one attached hydrogen (secondary N) is 1. The van der Waals surface area contributed by atoms with Crippen molar-refractivity contribution in [3.63, 3.8) is 0 Å². The minimum Gasteiger partial charge on any atom is -0.461 e. The number of nitrogens with two attached hydrogens (primary N) is 1. The Morgan fingerprint density at radius 3 is 2.81 bits per heavy atom. The maximum atomic E-state index is 13.6. The molecule has 12 heteroatoms. The zero-order valence-corrected chi connectivity index (χ0v) is 24.1. The van der Waals surface area contributed by atoms with Gasteiger partial charge in [-0.15, -0.1) is 5.53 Å². The number of fused-ring (bicyclic) bond motifs is 1. The van der Waals surface area contributed by atoms with E-state index in [2.05, 4.69) is 35.2 Å². The van der Waals surface area contributed by atoms with E-state index in [4.69, 9.17) is 32.7 Å². The van der Waals surface area contributed by atoms with Crippen molar-refractivity contribution in [3.8, 4) is 11.1 Å². The minimum atomic E-state index is -1.40. The number of hydrogen-bond donors (Lipinski definition) is 2. The molecule has 4 heterocycles. The van der Waals surface area contributed by atoms with Crippen LogP contribution < -0.4 is 11.0 Å². The number of carbonyl (C=O) groups excluding carboxylic acids is 1. The van der Waals surface area contributed by atoms with Crippen LogP contribution in [0.4, 0.5) is 0 Å². The van der Waals surface area contributed by atoms with Crippen LogP contribution >= 0.6 is 23.2 Å². The number of nitrogens with zero attached hydrogens (tertiary/aromatic N) is 4. The van der Waals surface area contributed by atoms with Gasteiger partial charge in [0.05, 0.1) is 42.6 Å². The molecule has 1 aromatic carbocycles. The number of esters is 1. The molecule has 0 radical (unpaired) electrons. The predicted octanol–water partition coefficient (Wildman–Crippen LogP) is 4.62. The number of halogens is 2. The highest BCUT2D eigenvalue weighted by Crippen LogP contribution is 2.42. The van der Waals surface area contributed by atoms with Crippen LogP contribution in [0.2, 0.25) is 29.7 Å². The van der Waals surface area contributed by atoms with Gasteiger partial charge in [-0.3, -0.25) is 4.57 Å². The lowest BCUT2D eigenvalue weighted by Crippen LogP contribution is -2.97. The van der Waals surface area contributed by atoms with E-state index in [9.17, 15) is 4.79 Å². The first-order valence-corrected chi connectivity index (χ1v) is 17.1. The summed E-state index contributed by atoms with van der Waals surface area (Å²) in [6.07, 6.45) is 9.54. The molecule has 5 rings (SSSR count). The normalized spacial score (nSPS) is 18.3. The number of aromatic nitrogens is 3. The van der Waals surface area contributed by atoms with Crippen molar-refractivity contribution in [1.29, 1.82) is 0 Å². The summed E-state index contributed by atoms with van der Waals surface area (Å²) in [6, 6.07) is 3.65. The molecule has 1 unspecified atom stereocenters. The van der Waals surface area contributed by atoms with Crippen LogP contribution in [0.15, 0.2) is 30.7 Å². The fraction of sp³-hybridized carbons (Fsp3) is 0.440. The van der Waals surface area contributed by atoms with Crippen LogP contribution in [-0.2, 0) is 9.47 Å². The van der Waals surface area contributed by atoms with Gasteiger partial charge in [-0.2, -0.15) is 10.5 Å². The third-order valence-corrected chi connectivity index (χ3v) is 8.50. The third kappa shape index (κ3) is 5.13. The number of hydrogen-bond acceptors (Lipinski definition) is 6. The summed E-state index contributed by atoms with van der Waals surface area (Å²) < 4.78 is 15.1. The molecule has 198 valence electrons. The van der Waals surface area contributed by atoms with E-state index < -0.39 is 14.0 Å². The molecule has 1 atom stereocenters. The van der Waals surface area contributed by atoms with Gasteiger partial charge in [-0.05, 0) is 32.3 Å². The standard InChI is InChI=1S/C25H32Cl2N6O3Si/c1-5-35-25(34)24-21(16-12-28-32(13-16)20-8-6-7-11-36-20)17-9-10-18(26)22(27)23(17)33(24)19-14-31(30-29-19)15-37(2,3)4/h9-10,12-14,20,29-30H,5-8,11,15H2,1-4H3/p+1. The average molecular weight is 565 g/mol. The summed E-state index contributed by atoms with van der Waals surface area (Å²) in [5.74, 6) is 0.249. The topological polar surface area (TPSA) is 90.2 Å². The average Bonchev–Trinajstić information content (AvgIpc) is 3.58. The molecule has 1 saturated heterocycles. The van der Waals surface area contributed by atoms with Crippen molar-refractivity contribution in [1.82, 2.24) is 24.8 Å². The second-order valence-corrected chi connectivity index (χ2v) is 16.8. The molecule has 37 heavy (non-hydrogen) atoms. The molecular formula is C25H33Cl2N6O3Si+. The maximum Gasteiger partial charge on any atom is 0.356 e. The van der Waals surface area contributed by atoms with Gasteiger partial charge in [0.1, 0.15) is 18.1 Å². The van der Waals surface area contributed by atoms with Gasteiger partial charge in [0.25, 0.3) is 0 Å². The molecule has 0 bridgehead atoms. The Bertz CT molecular complexity index is 1360. The fourth-order valence-corrected chi connectivity index (χ4v) is 6.62. The summed E-state index contributed by atoms with van der Waals surface area (Å²) in [5, 5.41) is 8.28. The number of rotatable bonds is 7. The highest BCUT2D eigenvalue weighted by Gasteiger charge is 2.33. The van der Waals surface area contributed by atoms with Gasteiger partial charge >= 0.3 is 5.97 Å². The van der Waals surface area contributed by atoms with E-state index in [1.165, 1.54) is 0 Å². The molecule has 2 aromatic heterocycles. The van der Waals surface area contributed by atoms with Crippen LogP contribution in [0.1, 0.15) is 42.9 Å². The molecule has 3 N–H and O–H groups in total. The summed E-state index contributed by atoms with van der Waals surface area (Å²) in [4.78, 5) is 13.6. The van der Waals surface area contributed by atoms with E-state index in [0.29, 0.717) is 39.2 Å². The molecule has 0 amide bonds. The lowest BCUT2D eigenvalue weighted by molar-refractivity contribution is -0.818. The van der Waals surface area contributed by atoms with Crippen molar-refractivity contribution in [2.75, 3.05) is 19.4 Å². The molecule has 3 aromatic rings. The summed E-state index contributed by atoms with van der Waals surface area (Å²) in [6.45, 7) is 9.68. The zero-order chi connectivity index (χ0) is 26.3. The Morgan fingerprint density at radius 1 is 1.30 bits per heavy atom. The maximum absolute atomic E-state index is 13.6. The molecule has 0 spiro atoms. The third-order valence-electron chi connectivity index (χ3n) is 6.40. The number of ether oxygens (including phenoxy) is 2. The molecule has 2 aliphatic rings. The van der Waals surface area contributed by atoms with Crippen LogP contribution in [0.25, 0.3) is 27.9 Å². The van der Waals surface area contributed by atoms with E-state index >= 15 is 0 Å². The molecular weight excluding hydrogens is 531 g/mol. The largest absolute Gasteiger partial charge is 0.461 e. The lowest BCUT2D eigenvalue weighted by Gasteiger charge is -2.22. The summed E-state index contributed by atoms with van der Waals surface area (Å²) in [7, 11) is -1.40. The van der Waals surface area contributed by atoms with Gasteiger partial charge in [0.15, 0.2) is 5.82 Å². The second-order valence-electron chi connectivity index (χ2n) is 10.6. The van der Waals surface area contributed by atoms with Crippen LogP contribution in [0.3, 0.4) is 0 Å². The van der Waals surface area contributed by atoms with Gasteiger partial charge in [-0.25, -0.2) is 14.5 Å². The fourth-order valence-electron chi connectivity index (χ4n) is 4.94. The van der Waals surface area contributed by atoms with E-state index in [1.807, 2.05) is 33.2 Å². The Morgan fingerprint density at radius 2 is 2.11 bits per heavy atom. The zero-order valence-electron chi connectivity index (χ0n) is 21.6. The van der Waals surface area contributed by atoms with Crippen molar-refractivity contribution in [3.05, 3.63) is 46.5 Å². The molecule has 9 nitrogen and oxygen atoms in total. The van der Waals surface area contributed by atoms with Crippen LogP contribution in [0.5, 0.6) is 0 Å². The minimum absolute atomic E-state index is 0.121. The molecule has 1 fully saturated rings. The Balaban J connectivity index is 1.72. The molecule has 0 aliphatic carbocycles. The van der Waals surface area contributed by atoms with Crippen molar-refractivity contribution >= 4 is 54.0 Å². The second kappa shape index (κ2) is 10.3. The van der Waals surface area contributed by atoms with Gasteiger partial charge in [0, 0.05) is 29.3 Å². The lowest BCUT2D eigenvalue weighted by atomic mass is 10.1. The van der Waals surface area contributed by atoms with E-state index in [-0.39, 0.29) is 12.8 Å². The first-order valence-electron chi connectivity index (χ1n) is 12.6. The number of carbonyl (C=O) groups is 1. The number of quaternary nitrogens is 1. The highest BCUT2D eigenvalue weighted by atomic mass is 35.5. The number of benzene rings is 1. The molecule has 2 aliphatic heterocycles. The predicted molar refractivity (Wildman–Crippen MR) is 147 cm³/mol. The van der Waals surface area contributed by atoms with E-state index in [0.717, 1.165) is 36.4 Å². The smallest absolute Gasteiger partial charge is 0.356 e.